The van der Waals surface area contributed by atoms with E-state index >= 15 is 0 Å². The van der Waals surface area contributed by atoms with Gasteiger partial charge in [-0.1, -0.05) is 13.3 Å². The van der Waals surface area contributed by atoms with Gasteiger partial charge in [-0.05, 0) is 44.4 Å². The summed E-state index contributed by atoms with van der Waals surface area (Å²) in [7, 11) is 0. The molecule has 6 heteroatoms. The number of carbonyl (C=O) groups is 3. The van der Waals surface area contributed by atoms with E-state index in [4.69, 9.17) is 9.47 Å². The molecule has 4 bridgehead atoms. The minimum atomic E-state index is -1.96. The van der Waals surface area contributed by atoms with Gasteiger partial charge in [-0.2, -0.15) is 0 Å². The normalized spacial score (nSPS) is 36.4. The van der Waals surface area contributed by atoms with Crippen molar-refractivity contribution in [2.24, 2.45) is 23.2 Å². The molecule has 0 aromatic carbocycles. The van der Waals surface area contributed by atoms with Crippen LogP contribution in [-0.2, 0) is 23.9 Å². The van der Waals surface area contributed by atoms with Gasteiger partial charge in [0.15, 0.2) is 0 Å². The first-order valence-corrected chi connectivity index (χ1v) is 8.94. The van der Waals surface area contributed by atoms with E-state index in [0.29, 0.717) is 31.6 Å². The Kier molecular flexibility index (Phi) is 4.45. The molecular formula is C18H26O6. The van der Waals surface area contributed by atoms with Gasteiger partial charge in [0.05, 0.1) is 12.0 Å². The highest BCUT2D eigenvalue weighted by Crippen LogP contribution is 2.59. The first-order chi connectivity index (χ1) is 11.3. The summed E-state index contributed by atoms with van der Waals surface area (Å²) in [5.41, 5.74) is -0.699. The number of carboxylic acid groups (broad SMARTS) is 1. The Morgan fingerprint density at radius 2 is 1.88 bits per heavy atom. The summed E-state index contributed by atoms with van der Waals surface area (Å²) in [4.78, 5) is 36.7. The smallest absolute Gasteiger partial charge is 0.377 e. The third-order valence-corrected chi connectivity index (χ3v) is 5.98. The Balaban J connectivity index is 1.73. The number of ether oxygens (including phenoxy) is 2. The molecule has 134 valence electrons. The predicted octanol–water partition coefficient (Wildman–Crippen LogP) is 2.54. The van der Waals surface area contributed by atoms with E-state index in [1.165, 1.54) is 6.92 Å². The molecule has 0 radical (unpaired) electrons. The summed E-state index contributed by atoms with van der Waals surface area (Å²) in [6.07, 6.45) is 5.01. The molecule has 0 heterocycles. The van der Waals surface area contributed by atoms with Crippen molar-refractivity contribution in [2.75, 3.05) is 6.61 Å². The molecule has 0 spiro atoms. The van der Waals surface area contributed by atoms with Crippen LogP contribution in [0, 0.1) is 23.2 Å². The lowest BCUT2D eigenvalue weighted by molar-refractivity contribution is -0.244. The molecule has 1 N–H and O–H groups in total. The van der Waals surface area contributed by atoms with Crippen LogP contribution in [0.3, 0.4) is 0 Å². The molecule has 4 aliphatic carbocycles. The number of carbonyl (C=O) groups excluding carboxylic acids is 2. The fourth-order valence-electron chi connectivity index (χ4n) is 4.83. The quantitative estimate of drug-likeness (QED) is 0.436. The lowest BCUT2D eigenvalue weighted by Crippen LogP contribution is -2.57. The molecule has 0 aromatic rings. The SMILES string of the molecule is CCCCOC(C)(OC(=O)C12CC3CC(C1)C(=O)C(C3)C2)C(=O)O. The summed E-state index contributed by atoms with van der Waals surface area (Å²) in [6.45, 7) is 3.49. The van der Waals surface area contributed by atoms with Gasteiger partial charge in [-0.15, -0.1) is 0 Å². The molecule has 0 aromatic heterocycles. The average Bonchev–Trinajstić information content (AvgIpc) is 2.51. The number of rotatable bonds is 7. The second-order valence-corrected chi connectivity index (χ2v) is 7.87. The van der Waals surface area contributed by atoms with Crippen molar-refractivity contribution in [3.63, 3.8) is 0 Å². The summed E-state index contributed by atoms with van der Waals surface area (Å²) < 4.78 is 10.8. The molecule has 0 amide bonds. The zero-order valence-electron chi connectivity index (χ0n) is 14.4. The molecule has 0 saturated heterocycles. The Morgan fingerprint density at radius 3 is 2.42 bits per heavy atom. The lowest BCUT2D eigenvalue weighted by atomic mass is 9.49. The Hall–Kier alpha value is -1.43. The zero-order valence-corrected chi connectivity index (χ0v) is 14.4. The van der Waals surface area contributed by atoms with Gasteiger partial charge < -0.3 is 14.6 Å². The average molecular weight is 338 g/mol. The number of hydrogen-bond acceptors (Lipinski definition) is 5. The van der Waals surface area contributed by atoms with Crippen LogP contribution in [0.1, 0.15) is 58.8 Å². The van der Waals surface area contributed by atoms with Crippen molar-refractivity contribution >= 4 is 17.7 Å². The summed E-state index contributed by atoms with van der Waals surface area (Å²) in [5.74, 6) is -3.20. The number of Topliss-reactive ketones (excluding diaryl/α,β-unsaturated/α-hetero) is 1. The van der Waals surface area contributed by atoms with E-state index in [9.17, 15) is 19.5 Å². The van der Waals surface area contributed by atoms with Crippen molar-refractivity contribution in [3.8, 4) is 0 Å². The number of carboxylic acids is 1. The summed E-state index contributed by atoms with van der Waals surface area (Å²) in [6, 6.07) is 0. The van der Waals surface area contributed by atoms with Crippen LogP contribution in [0.4, 0.5) is 0 Å². The molecule has 4 saturated carbocycles. The molecule has 6 nitrogen and oxygen atoms in total. The van der Waals surface area contributed by atoms with Crippen molar-refractivity contribution in [2.45, 2.75) is 64.6 Å². The van der Waals surface area contributed by atoms with E-state index < -0.39 is 23.1 Å². The Bertz CT molecular complexity index is 538. The number of esters is 1. The van der Waals surface area contributed by atoms with Gasteiger partial charge in [0.1, 0.15) is 5.78 Å². The third kappa shape index (κ3) is 2.85. The molecule has 24 heavy (non-hydrogen) atoms. The van der Waals surface area contributed by atoms with Crippen LogP contribution in [0.15, 0.2) is 0 Å². The lowest BCUT2D eigenvalue weighted by Gasteiger charge is -2.54. The highest BCUT2D eigenvalue weighted by atomic mass is 16.7. The van der Waals surface area contributed by atoms with Crippen molar-refractivity contribution < 1.29 is 29.0 Å². The van der Waals surface area contributed by atoms with Crippen molar-refractivity contribution in [1.82, 2.24) is 0 Å². The number of ketones is 1. The number of unbranched alkanes of at least 4 members (excludes halogenated alkanes) is 1. The maximum absolute atomic E-state index is 12.9. The monoisotopic (exact) mass is 338 g/mol. The maximum Gasteiger partial charge on any atom is 0.377 e. The topological polar surface area (TPSA) is 89.9 Å². The van der Waals surface area contributed by atoms with E-state index in [1.807, 2.05) is 6.92 Å². The van der Waals surface area contributed by atoms with Crippen molar-refractivity contribution in [1.29, 1.82) is 0 Å². The molecular weight excluding hydrogens is 312 g/mol. The Labute approximate surface area is 141 Å². The van der Waals surface area contributed by atoms with Crippen LogP contribution in [0.25, 0.3) is 0 Å². The van der Waals surface area contributed by atoms with E-state index in [1.54, 1.807) is 0 Å². The fourth-order valence-corrected chi connectivity index (χ4v) is 4.83. The van der Waals surface area contributed by atoms with Gasteiger partial charge in [0, 0.05) is 18.8 Å². The fraction of sp³-hybridized carbons (Fsp3) is 0.833. The van der Waals surface area contributed by atoms with Gasteiger partial charge in [-0.25, -0.2) is 4.79 Å². The minimum absolute atomic E-state index is 0.0547. The molecule has 0 aliphatic heterocycles. The van der Waals surface area contributed by atoms with Crippen LogP contribution >= 0.6 is 0 Å². The van der Waals surface area contributed by atoms with Crippen LogP contribution in [0.5, 0.6) is 0 Å². The highest BCUT2D eigenvalue weighted by Gasteiger charge is 2.60. The zero-order chi connectivity index (χ0) is 17.5. The Morgan fingerprint density at radius 1 is 1.25 bits per heavy atom. The standard InChI is InChI=1S/C18H26O6/c1-3-4-5-23-17(2,15(20)21)24-16(22)18-8-11-6-12(9-18)14(19)13(7-11)10-18/h11-13H,3-10H2,1-2H3,(H,20,21). The molecule has 3 unspecified atom stereocenters. The van der Waals surface area contributed by atoms with Crippen molar-refractivity contribution in [3.05, 3.63) is 0 Å². The van der Waals surface area contributed by atoms with Gasteiger partial charge >= 0.3 is 17.7 Å². The van der Waals surface area contributed by atoms with E-state index in [-0.39, 0.29) is 24.2 Å². The van der Waals surface area contributed by atoms with Gasteiger partial charge in [-0.3, -0.25) is 9.59 Å². The summed E-state index contributed by atoms with van der Waals surface area (Å²) in [5, 5.41) is 9.45. The minimum Gasteiger partial charge on any atom is -0.476 e. The first-order valence-electron chi connectivity index (χ1n) is 8.94. The number of aliphatic carboxylic acids is 1. The molecule has 3 atom stereocenters. The summed E-state index contributed by atoms with van der Waals surface area (Å²) >= 11 is 0. The third-order valence-electron chi connectivity index (χ3n) is 5.98. The van der Waals surface area contributed by atoms with E-state index in [2.05, 4.69) is 0 Å². The first kappa shape index (κ1) is 17.4. The van der Waals surface area contributed by atoms with Crippen LogP contribution < -0.4 is 0 Å². The molecule has 4 aliphatic rings. The molecule has 4 rings (SSSR count). The largest absolute Gasteiger partial charge is 0.476 e. The second-order valence-electron chi connectivity index (χ2n) is 7.87. The van der Waals surface area contributed by atoms with E-state index in [0.717, 1.165) is 19.3 Å². The van der Waals surface area contributed by atoms with Crippen LogP contribution in [-0.4, -0.2) is 35.2 Å². The van der Waals surface area contributed by atoms with Gasteiger partial charge in [0.25, 0.3) is 0 Å². The highest BCUT2D eigenvalue weighted by molar-refractivity contribution is 5.90. The van der Waals surface area contributed by atoms with Gasteiger partial charge in [0.2, 0.25) is 0 Å². The second kappa shape index (κ2) is 6.14. The number of hydrogen-bond donors (Lipinski definition) is 1. The maximum atomic E-state index is 12.9. The predicted molar refractivity (Wildman–Crippen MR) is 84.0 cm³/mol. The molecule has 4 fully saturated rings. The van der Waals surface area contributed by atoms with Crippen LogP contribution in [0.2, 0.25) is 0 Å².